The van der Waals surface area contributed by atoms with Gasteiger partial charge in [0, 0.05) is 25.1 Å². The van der Waals surface area contributed by atoms with Crippen molar-refractivity contribution in [3.8, 4) is 0 Å². The number of ketones is 1. The summed E-state index contributed by atoms with van der Waals surface area (Å²) < 4.78 is 26.7. The van der Waals surface area contributed by atoms with Gasteiger partial charge in [0.05, 0.1) is 4.90 Å². The Kier molecular flexibility index (Phi) is 6.10. The zero-order chi connectivity index (χ0) is 16.2. The second-order valence-electron chi connectivity index (χ2n) is 5.80. The third-order valence-electron chi connectivity index (χ3n) is 3.59. The highest BCUT2D eigenvalue weighted by Gasteiger charge is 2.26. The zero-order valence-electron chi connectivity index (χ0n) is 13.5. The Morgan fingerprint density at radius 2 is 1.86 bits per heavy atom. The van der Waals surface area contributed by atoms with E-state index in [2.05, 4.69) is 13.8 Å². The Morgan fingerprint density at radius 3 is 2.38 bits per heavy atom. The maximum Gasteiger partial charge on any atom is 0.243 e. The molecular weight excluding hydrogens is 286 g/mol. The number of rotatable bonds is 7. The molecule has 1 rings (SSSR count). The molecule has 0 fully saturated rings. The second-order valence-corrected chi connectivity index (χ2v) is 7.80. The number of hydrogen-bond donors (Lipinski definition) is 0. The lowest BCUT2D eigenvalue weighted by Gasteiger charge is -2.25. The number of hydrogen-bond acceptors (Lipinski definition) is 3. The van der Waals surface area contributed by atoms with E-state index in [4.69, 9.17) is 0 Å². The molecule has 21 heavy (non-hydrogen) atoms. The summed E-state index contributed by atoms with van der Waals surface area (Å²) >= 11 is 0. The van der Waals surface area contributed by atoms with E-state index < -0.39 is 10.0 Å². The lowest BCUT2D eigenvalue weighted by molar-refractivity contribution is 0.0988. The maximum atomic E-state index is 12.6. The molecule has 1 aromatic rings. The lowest BCUT2D eigenvalue weighted by atomic mass is 10.1. The summed E-state index contributed by atoms with van der Waals surface area (Å²) in [5, 5.41) is 0. The van der Waals surface area contributed by atoms with Crippen LogP contribution in [0.5, 0.6) is 0 Å². The van der Waals surface area contributed by atoms with Gasteiger partial charge in [-0.1, -0.05) is 32.9 Å². The van der Waals surface area contributed by atoms with Gasteiger partial charge in [-0.05, 0) is 31.4 Å². The fourth-order valence-electron chi connectivity index (χ4n) is 2.27. The fraction of sp³-hybridized carbons (Fsp3) is 0.562. The summed E-state index contributed by atoms with van der Waals surface area (Å²) in [5.74, 6) is 0.371. The first kappa shape index (κ1) is 17.9. The van der Waals surface area contributed by atoms with Crippen molar-refractivity contribution in [2.75, 3.05) is 7.05 Å². The summed E-state index contributed by atoms with van der Waals surface area (Å²) in [6.07, 6.45) is 1.16. The Bertz CT molecular complexity index is 593. The van der Waals surface area contributed by atoms with E-state index in [1.54, 1.807) is 32.2 Å². The number of Topliss-reactive ketones (excluding diaryl/α,β-unsaturated/α-hetero) is 1. The predicted octanol–water partition coefficient (Wildman–Crippen LogP) is 3.33. The van der Waals surface area contributed by atoms with Crippen LogP contribution in [0.1, 0.15) is 50.9 Å². The van der Waals surface area contributed by atoms with E-state index in [-0.39, 0.29) is 16.7 Å². The van der Waals surface area contributed by atoms with Crippen molar-refractivity contribution in [3.63, 3.8) is 0 Å². The molecule has 0 heterocycles. The molecule has 0 aliphatic heterocycles. The van der Waals surface area contributed by atoms with Gasteiger partial charge >= 0.3 is 0 Å². The average molecular weight is 311 g/mol. The molecule has 1 aromatic carbocycles. The molecule has 0 aliphatic rings. The highest BCUT2D eigenvalue weighted by Crippen LogP contribution is 2.21. The maximum absolute atomic E-state index is 12.6. The van der Waals surface area contributed by atoms with Crippen molar-refractivity contribution in [2.24, 2.45) is 5.92 Å². The van der Waals surface area contributed by atoms with Crippen molar-refractivity contribution in [1.82, 2.24) is 4.31 Å². The standard InChI is InChI=1S/C16H25NO3S/c1-6-16(18)14-8-7-9-15(11-14)21(19,20)17(5)13(4)10-12(2)3/h7-9,11-13H,6,10H2,1-5H3. The average Bonchev–Trinajstić information content (AvgIpc) is 2.44. The van der Waals surface area contributed by atoms with E-state index in [1.165, 1.54) is 10.4 Å². The van der Waals surface area contributed by atoms with Gasteiger partial charge in [0.15, 0.2) is 5.78 Å². The van der Waals surface area contributed by atoms with Crippen molar-refractivity contribution in [3.05, 3.63) is 29.8 Å². The van der Waals surface area contributed by atoms with Crippen LogP contribution in [0.3, 0.4) is 0 Å². The normalized spacial score (nSPS) is 13.7. The van der Waals surface area contributed by atoms with Gasteiger partial charge in [-0.15, -0.1) is 0 Å². The molecule has 0 saturated carbocycles. The molecule has 0 N–H and O–H groups in total. The Labute approximate surface area is 128 Å². The first-order valence-corrected chi connectivity index (χ1v) is 8.75. The summed E-state index contributed by atoms with van der Waals surface area (Å²) in [5.41, 5.74) is 0.448. The molecule has 0 amide bonds. The van der Waals surface area contributed by atoms with E-state index >= 15 is 0 Å². The minimum atomic E-state index is -3.57. The van der Waals surface area contributed by atoms with E-state index in [0.717, 1.165) is 6.42 Å². The first-order chi connectivity index (χ1) is 9.70. The van der Waals surface area contributed by atoms with Crippen molar-refractivity contribution in [2.45, 2.75) is 51.5 Å². The molecule has 0 aromatic heterocycles. The van der Waals surface area contributed by atoms with Gasteiger partial charge in [0.2, 0.25) is 10.0 Å². The summed E-state index contributed by atoms with van der Waals surface area (Å²) in [6, 6.07) is 6.21. The highest BCUT2D eigenvalue weighted by atomic mass is 32.2. The number of carbonyl (C=O) groups excluding carboxylic acids is 1. The largest absolute Gasteiger partial charge is 0.294 e. The van der Waals surface area contributed by atoms with Crippen molar-refractivity contribution < 1.29 is 13.2 Å². The number of benzene rings is 1. The molecule has 0 bridgehead atoms. The molecule has 0 saturated heterocycles. The highest BCUT2D eigenvalue weighted by molar-refractivity contribution is 7.89. The Hall–Kier alpha value is -1.20. The quantitative estimate of drug-likeness (QED) is 0.726. The minimum Gasteiger partial charge on any atom is -0.294 e. The first-order valence-electron chi connectivity index (χ1n) is 7.31. The SMILES string of the molecule is CCC(=O)c1cccc(S(=O)(=O)N(C)C(C)CC(C)C)c1. The van der Waals surface area contributed by atoms with Crippen LogP contribution in [0.2, 0.25) is 0 Å². The number of nitrogens with zero attached hydrogens (tertiary/aromatic N) is 1. The smallest absolute Gasteiger partial charge is 0.243 e. The molecular formula is C16H25NO3S. The van der Waals surface area contributed by atoms with Gasteiger partial charge < -0.3 is 0 Å². The van der Waals surface area contributed by atoms with Crippen LogP contribution >= 0.6 is 0 Å². The topological polar surface area (TPSA) is 54.5 Å². The predicted molar refractivity (Wildman–Crippen MR) is 84.9 cm³/mol. The van der Waals surface area contributed by atoms with E-state index in [1.807, 2.05) is 6.92 Å². The van der Waals surface area contributed by atoms with Gasteiger partial charge in [-0.2, -0.15) is 4.31 Å². The van der Waals surface area contributed by atoms with Crippen LogP contribution in [0.15, 0.2) is 29.2 Å². The van der Waals surface area contributed by atoms with Crippen LogP contribution in [-0.4, -0.2) is 31.6 Å². The molecule has 0 aliphatic carbocycles. The van der Waals surface area contributed by atoms with E-state index in [0.29, 0.717) is 17.9 Å². The zero-order valence-corrected chi connectivity index (χ0v) is 14.3. The van der Waals surface area contributed by atoms with Gasteiger partial charge in [-0.3, -0.25) is 4.79 Å². The van der Waals surface area contributed by atoms with Crippen molar-refractivity contribution >= 4 is 15.8 Å². The molecule has 118 valence electrons. The molecule has 5 heteroatoms. The van der Waals surface area contributed by atoms with Crippen molar-refractivity contribution in [1.29, 1.82) is 0 Å². The third-order valence-corrected chi connectivity index (χ3v) is 5.56. The van der Waals surface area contributed by atoms with E-state index in [9.17, 15) is 13.2 Å². The Balaban J connectivity index is 3.10. The van der Waals surface area contributed by atoms with Gasteiger partial charge in [0.25, 0.3) is 0 Å². The van der Waals surface area contributed by atoms with Crippen LogP contribution < -0.4 is 0 Å². The van der Waals surface area contributed by atoms with Gasteiger partial charge in [0.1, 0.15) is 0 Å². The minimum absolute atomic E-state index is 0.0510. The molecule has 4 nitrogen and oxygen atoms in total. The summed E-state index contributed by atoms with van der Waals surface area (Å²) in [4.78, 5) is 11.9. The monoisotopic (exact) mass is 311 g/mol. The lowest BCUT2D eigenvalue weighted by Crippen LogP contribution is -2.36. The molecule has 1 atom stereocenters. The second kappa shape index (κ2) is 7.18. The third kappa shape index (κ3) is 4.38. The number of sulfonamides is 1. The molecule has 0 radical (unpaired) electrons. The van der Waals surface area contributed by atoms with Crippen LogP contribution in [0.25, 0.3) is 0 Å². The molecule has 0 spiro atoms. The summed E-state index contributed by atoms with van der Waals surface area (Å²) in [6.45, 7) is 7.80. The molecule has 1 unspecified atom stereocenters. The van der Waals surface area contributed by atoms with Crippen LogP contribution in [-0.2, 0) is 10.0 Å². The van der Waals surface area contributed by atoms with Crippen LogP contribution in [0, 0.1) is 5.92 Å². The van der Waals surface area contributed by atoms with Crippen LogP contribution in [0.4, 0.5) is 0 Å². The number of carbonyl (C=O) groups is 1. The van der Waals surface area contributed by atoms with Gasteiger partial charge in [-0.25, -0.2) is 8.42 Å². The Morgan fingerprint density at radius 1 is 1.24 bits per heavy atom. The fourth-order valence-corrected chi connectivity index (χ4v) is 3.69. The summed E-state index contributed by atoms with van der Waals surface area (Å²) in [7, 11) is -1.97.